The molecule has 0 unspecified atom stereocenters. The Bertz CT molecular complexity index is 1130. The van der Waals surface area contributed by atoms with Crippen molar-refractivity contribution in [1.82, 2.24) is 3.97 Å². The predicted octanol–water partition coefficient (Wildman–Crippen LogP) is 3.49. The molecule has 0 spiro atoms. The molecule has 0 atom stereocenters. The number of rotatable bonds is 3. The molecule has 1 aliphatic rings. The van der Waals surface area contributed by atoms with Crippen LogP contribution in [-0.4, -0.2) is 30.7 Å². The lowest BCUT2D eigenvalue weighted by Gasteiger charge is -2.32. The van der Waals surface area contributed by atoms with Crippen LogP contribution in [-0.2, 0) is 19.3 Å². The number of fused-ring (bicyclic) bond motifs is 1. The zero-order valence-corrected chi connectivity index (χ0v) is 17.6. The fourth-order valence-corrected chi connectivity index (χ4v) is 4.73. The molecular weight excluding hydrogens is 373 g/mol. The summed E-state index contributed by atoms with van der Waals surface area (Å²) in [5.41, 5.74) is 1.32. The van der Waals surface area contributed by atoms with Crippen LogP contribution in [0.15, 0.2) is 59.6 Å². The smallest absolute Gasteiger partial charge is 0.399 e. The van der Waals surface area contributed by atoms with Crippen molar-refractivity contribution in [2.75, 3.05) is 0 Å². The molecule has 28 heavy (non-hydrogen) atoms. The molecule has 7 heteroatoms. The van der Waals surface area contributed by atoms with Crippen LogP contribution in [0.5, 0.6) is 0 Å². The molecule has 5 nitrogen and oxygen atoms in total. The van der Waals surface area contributed by atoms with E-state index in [1.807, 2.05) is 52.8 Å². The molecule has 4 rings (SSSR count). The highest BCUT2D eigenvalue weighted by Gasteiger charge is 2.52. The van der Waals surface area contributed by atoms with Gasteiger partial charge in [0, 0.05) is 17.0 Å². The second-order valence-corrected chi connectivity index (χ2v) is 10.1. The Morgan fingerprint density at radius 3 is 2.07 bits per heavy atom. The topological polar surface area (TPSA) is 57.5 Å². The van der Waals surface area contributed by atoms with Gasteiger partial charge in [-0.3, -0.25) is 0 Å². The Hall–Kier alpha value is -2.09. The molecule has 0 aliphatic carbocycles. The van der Waals surface area contributed by atoms with Gasteiger partial charge in [-0.25, -0.2) is 12.4 Å². The van der Waals surface area contributed by atoms with Crippen LogP contribution in [0, 0.1) is 6.92 Å². The number of hydrogen-bond donors (Lipinski definition) is 0. The van der Waals surface area contributed by atoms with Crippen LogP contribution in [0.1, 0.15) is 33.3 Å². The van der Waals surface area contributed by atoms with E-state index in [0.717, 1.165) is 10.9 Å². The summed E-state index contributed by atoms with van der Waals surface area (Å²) in [6, 6.07) is 14.3. The Kier molecular flexibility index (Phi) is 4.27. The molecule has 2 heterocycles. The third-order valence-corrected chi connectivity index (χ3v) is 7.48. The predicted molar refractivity (Wildman–Crippen MR) is 111 cm³/mol. The van der Waals surface area contributed by atoms with Crippen LogP contribution in [0.25, 0.3) is 10.9 Å². The van der Waals surface area contributed by atoms with Gasteiger partial charge in [0.15, 0.2) is 0 Å². The first-order valence-electron chi connectivity index (χ1n) is 9.31. The van der Waals surface area contributed by atoms with Crippen molar-refractivity contribution in [3.63, 3.8) is 0 Å². The maximum atomic E-state index is 13.3. The number of aryl methyl sites for hydroxylation is 1. The second-order valence-electron chi connectivity index (χ2n) is 8.30. The molecule has 0 N–H and O–H groups in total. The standard InChI is InChI=1S/C21H24BNO4S/c1-15-10-12-16(13-11-15)28(24,25)23-14-18(17-8-6-7-9-19(17)23)22-26-20(2,3)21(4,5)27-22/h6-14H,1-5H3. The van der Waals surface area contributed by atoms with Gasteiger partial charge in [0.25, 0.3) is 10.0 Å². The van der Waals surface area contributed by atoms with Gasteiger partial charge in [-0.15, -0.1) is 0 Å². The molecule has 0 amide bonds. The minimum absolute atomic E-state index is 0.249. The normalized spacial score (nSPS) is 18.7. The summed E-state index contributed by atoms with van der Waals surface area (Å²) in [6.07, 6.45) is 1.63. The van der Waals surface area contributed by atoms with E-state index < -0.39 is 28.3 Å². The van der Waals surface area contributed by atoms with Crippen LogP contribution >= 0.6 is 0 Å². The summed E-state index contributed by atoms with van der Waals surface area (Å²) < 4.78 is 40.3. The van der Waals surface area contributed by atoms with E-state index in [1.165, 1.54) is 3.97 Å². The lowest BCUT2D eigenvalue weighted by atomic mass is 9.79. The molecular formula is C21H24BNO4S. The lowest BCUT2D eigenvalue weighted by molar-refractivity contribution is 0.00578. The van der Waals surface area contributed by atoms with Gasteiger partial charge in [0.05, 0.1) is 21.6 Å². The van der Waals surface area contributed by atoms with Gasteiger partial charge in [0.2, 0.25) is 0 Å². The van der Waals surface area contributed by atoms with Crippen molar-refractivity contribution in [2.45, 2.75) is 50.7 Å². The monoisotopic (exact) mass is 397 g/mol. The van der Waals surface area contributed by atoms with E-state index in [4.69, 9.17) is 9.31 Å². The number of benzene rings is 2. The van der Waals surface area contributed by atoms with Crippen molar-refractivity contribution >= 4 is 33.5 Å². The van der Waals surface area contributed by atoms with E-state index in [-0.39, 0.29) is 4.90 Å². The van der Waals surface area contributed by atoms with E-state index in [2.05, 4.69) is 0 Å². The van der Waals surface area contributed by atoms with E-state index in [0.29, 0.717) is 11.0 Å². The van der Waals surface area contributed by atoms with Gasteiger partial charge in [0.1, 0.15) is 0 Å². The third kappa shape index (κ3) is 2.89. The Morgan fingerprint density at radius 2 is 1.46 bits per heavy atom. The molecule has 1 aromatic heterocycles. The van der Waals surface area contributed by atoms with E-state index >= 15 is 0 Å². The van der Waals surface area contributed by atoms with Gasteiger partial charge >= 0.3 is 7.12 Å². The first kappa shape index (κ1) is 19.2. The maximum absolute atomic E-state index is 13.3. The number of aromatic nitrogens is 1. The average Bonchev–Trinajstić information content (AvgIpc) is 3.10. The Balaban J connectivity index is 1.88. The fourth-order valence-electron chi connectivity index (χ4n) is 3.36. The first-order valence-corrected chi connectivity index (χ1v) is 10.7. The van der Waals surface area contributed by atoms with Crippen molar-refractivity contribution in [2.24, 2.45) is 0 Å². The summed E-state index contributed by atoms with van der Waals surface area (Å²) >= 11 is 0. The van der Waals surface area contributed by atoms with Crippen molar-refractivity contribution < 1.29 is 17.7 Å². The second kappa shape index (κ2) is 6.21. The SMILES string of the molecule is Cc1ccc(S(=O)(=O)n2cc(B3OC(C)(C)C(C)(C)O3)c3ccccc32)cc1. The average molecular weight is 397 g/mol. The highest BCUT2D eigenvalue weighted by molar-refractivity contribution is 7.90. The summed E-state index contributed by atoms with van der Waals surface area (Å²) in [5.74, 6) is 0. The number of para-hydroxylation sites is 1. The van der Waals surface area contributed by atoms with Crippen LogP contribution in [0.4, 0.5) is 0 Å². The molecule has 1 aliphatic heterocycles. The van der Waals surface area contributed by atoms with Gasteiger partial charge in [-0.1, -0.05) is 35.9 Å². The lowest BCUT2D eigenvalue weighted by Crippen LogP contribution is -2.41. The van der Waals surface area contributed by atoms with Gasteiger partial charge < -0.3 is 9.31 Å². The highest BCUT2D eigenvalue weighted by Crippen LogP contribution is 2.37. The van der Waals surface area contributed by atoms with E-state index in [9.17, 15) is 8.42 Å². The summed E-state index contributed by atoms with van der Waals surface area (Å²) in [7, 11) is -4.38. The van der Waals surface area contributed by atoms with E-state index in [1.54, 1.807) is 36.5 Å². The first-order chi connectivity index (χ1) is 13.0. The Morgan fingerprint density at radius 1 is 0.893 bits per heavy atom. The highest BCUT2D eigenvalue weighted by atomic mass is 32.2. The summed E-state index contributed by atoms with van der Waals surface area (Å²) in [6.45, 7) is 9.85. The van der Waals surface area contributed by atoms with Gasteiger partial charge in [-0.05, 0) is 52.8 Å². The van der Waals surface area contributed by atoms with Crippen LogP contribution in [0.3, 0.4) is 0 Å². The summed E-state index contributed by atoms with van der Waals surface area (Å²) in [5, 5.41) is 0.802. The van der Waals surface area contributed by atoms with Crippen LogP contribution in [0.2, 0.25) is 0 Å². The molecule has 2 aromatic carbocycles. The minimum atomic E-state index is -3.74. The van der Waals surface area contributed by atoms with Gasteiger partial charge in [-0.2, -0.15) is 0 Å². The maximum Gasteiger partial charge on any atom is 0.497 e. The van der Waals surface area contributed by atoms with Crippen molar-refractivity contribution in [3.8, 4) is 0 Å². The van der Waals surface area contributed by atoms with Crippen LogP contribution < -0.4 is 5.46 Å². The molecule has 1 fully saturated rings. The quantitative estimate of drug-likeness (QED) is 0.635. The molecule has 146 valence electrons. The molecule has 1 saturated heterocycles. The number of hydrogen-bond acceptors (Lipinski definition) is 4. The Labute approximate surface area is 166 Å². The summed E-state index contributed by atoms with van der Waals surface area (Å²) in [4.78, 5) is 0.249. The number of nitrogens with zero attached hydrogens (tertiary/aromatic N) is 1. The third-order valence-electron chi connectivity index (χ3n) is 5.79. The van der Waals surface area contributed by atoms with Crippen molar-refractivity contribution in [1.29, 1.82) is 0 Å². The minimum Gasteiger partial charge on any atom is -0.399 e. The molecule has 0 radical (unpaired) electrons. The fraction of sp³-hybridized carbons (Fsp3) is 0.333. The molecule has 0 saturated carbocycles. The molecule has 0 bridgehead atoms. The molecule has 3 aromatic rings. The van der Waals surface area contributed by atoms with Crippen molar-refractivity contribution in [3.05, 3.63) is 60.3 Å². The largest absolute Gasteiger partial charge is 0.497 e. The zero-order valence-electron chi connectivity index (χ0n) is 16.8. The zero-order chi connectivity index (χ0) is 20.3.